The molecule has 4 aromatic rings. The molecule has 0 bridgehead atoms. The Hall–Kier alpha value is -4.68. The van der Waals surface area contributed by atoms with Crippen molar-refractivity contribution in [3.63, 3.8) is 0 Å². The number of nitrogens with zero attached hydrogens (tertiary/aromatic N) is 3. The van der Waals surface area contributed by atoms with Crippen molar-refractivity contribution >= 4 is 35.5 Å². The summed E-state index contributed by atoms with van der Waals surface area (Å²) in [5.41, 5.74) is 14.6. The summed E-state index contributed by atoms with van der Waals surface area (Å²) in [6.07, 6.45) is 3.56. The predicted octanol–water partition coefficient (Wildman–Crippen LogP) is 8.82. The zero-order valence-corrected chi connectivity index (χ0v) is 28.3. The topological polar surface area (TPSA) is 87.7 Å². The van der Waals surface area contributed by atoms with E-state index in [4.69, 9.17) is 10.8 Å². The molecule has 0 aliphatic heterocycles. The monoisotopic (exact) mass is 600 g/mol. The molecule has 4 aromatic carbocycles. The minimum absolute atomic E-state index is 0.469. The highest BCUT2D eigenvalue weighted by molar-refractivity contribution is 6.03. The van der Waals surface area contributed by atoms with Crippen LogP contribution in [0, 0.1) is 66.2 Å². The van der Waals surface area contributed by atoms with Crippen LogP contribution in [-0.4, -0.2) is 49.1 Å². The maximum atomic E-state index is 8.23. The highest BCUT2D eigenvalue weighted by atomic mass is 15.1. The van der Waals surface area contributed by atoms with Gasteiger partial charge in [0, 0.05) is 20.1 Å². The first-order valence-corrected chi connectivity index (χ1v) is 15.3. The van der Waals surface area contributed by atoms with E-state index in [0.29, 0.717) is 24.5 Å². The van der Waals surface area contributed by atoms with Gasteiger partial charge in [0.2, 0.25) is 0 Å². The fourth-order valence-corrected chi connectivity index (χ4v) is 5.04. The predicted molar refractivity (Wildman–Crippen MR) is 194 cm³/mol. The Bertz CT molecular complexity index is 1590. The van der Waals surface area contributed by atoms with Crippen molar-refractivity contribution in [1.29, 1.82) is 10.8 Å². The normalized spacial score (nSPS) is 11.0. The van der Waals surface area contributed by atoms with Gasteiger partial charge in [-0.15, -0.1) is 0 Å². The minimum Gasteiger partial charge on any atom is -0.326 e. The number of hydrogen-bond donors (Lipinski definition) is 3. The zero-order chi connectivity index (χ0) is 33.1. The van der Waals surface area contributed by atoms with Crippen LogP contribution in [0.1, 0.15) is 55.6 Å². The van der Waals surface area contributed by atoms with E-state index in [1.807, 2.05) is 62.2 Å². The molecule has 0 aliphatic rings. The molecule has 0 fully saturated rings. The Morgan fingerprint density at radius 1 is 0.556 bits per heavy atom. The highest BCUT2D eigenvalue weighted by Crippen LogP contribution is 2.20. The lowest BCUT2D eigenvalue weighted by Crippen LogP contribution is -2.29. The van der Waals surface area contributed by atoms with Crippen LogP contribution in [0.5, 0.6) is 0 Å². The van der Waals surface area contributed by atoms with Gasteiger partial charge >= 0.3 is 0 Å². The van der Waals surface area contributed by atoms with Crippen molar-refractivity contribution in [2.45, 2.75) is 55.4 Å². The minimum atomic E-state index is 0.469. The quantitative estimate of drug-likeness (QED) is 0.125. The second-order valence-corrected chi connectivity index (χ2v) is 11.9. The third kappa shape index (κ3) is 10.8. The number of rotatable bonds is 10. The van der Waals surface area contributed by atoms with Gasteiger partial charge in [0.05, 0.1) is 35.5 Å². The Kier molecular flexibility index (Phi) is 12.7. The maximum absolute atomic E-state index is 8.23. The molecule has 45 heavy (non-hydrogen) atoms. The highest BCUT2D eigenvalue weighted by Gasteiger charge is 2.08. The van der Waals surface area contributed by atoms with Crippen molar-refractivity contribution in [2.24, 2.45) is 9.98 Å². The van der Waals surface area contributed by atoms with E-state index < -0.39 is 0 Å². The molecule has 0 atom stereocenters. The second-order valence-electron chi connectivity index (χ2n) is 11.9. The molecule has 0 amide bonds. The summed E-state index contributed by atoms with van der Waals surface area (Å²) in [6, 6.07) is 24.8. The molecule has 4 rings (SSSR count). The van der Waals surface area contributed by atoms with Crippen molar-refractivity contribution in [2.75, 3.05) is 20.1 Å². The van der Waals surface area contributed by atoms with Gasteiger partial charge in [0.15, 0.2) is 0 Å². The zero-order valence-electron chi connectivity index (χ0n) is 28.3. The molecule has 0 spiro atoms. The van der Waals surface area contributed by atoms with Crippen molar-refractivity contribution in [3.05, 3.63) is 128 Å². The van der Waals surface area contributed by atoms with Gasteiger partial charge in [-0.1, -0.05) is 82.9 Å². The molecule has 0 radical (unpaired) electrons. The molecule has 6 nitrogen and oxygen atoms in total. The molecular formula is C39H48N6. The Morgan fingerprint density at radius 2 is 0.889 bits per heavy atom. The van der Waals surface area contributed by atoms with Gasteiger partial charge in [0.25, 0.3) is 0 Å². The Labute approximate surface area is 270 Å². The van der Waals surface area contributed by atoms with Gasteiger partial charge in [0.1, 0.15) is 0 Å². The average Bonchev–Trinajstić information content (AvgIpc) is 2.96. The maximum Gasteiger partial charge on any atom is 0.0961 e. The lowest BCUT2D eigenvalue weighted by molar-refractivity contribution is 0.801. The number of nitrogens with one attached hydrogen (secondary N) is 3. The van der Waals surface area contributed by atoms with Crippen LogP contribution < -0.4 is 5.32 Å². The summed E-state index contributed by atoms with van der Waals surface area (Å²) in [4.78, 5) is 10.9. The van der Waals surface area contributed by atoms with Gasteiger partial charge in [-0.25, -0.2) is 9.98 Å². The van der Waals surface area contributed by atoms with Crippen LogP contribution in [0.4, 0.5) is 11.4 Å². The summed E-state index contributed by atoms with van der Waals surface area (Å²) >= 11 is 0. The molecule has 6 heteroatoms. The van der Waals surface area contributed by atoms with E-state index in [0.717, 1.165) is 33.6 Å². The van der Waals surface area contributed by atoms with Crippen molar-refractivity contribution in [3.8, 4) is 0 Å². The van der Waals surface area contributed by atoms with E-state index in [9.17, 15) is 0 Å². The lowest BCUT2D eigenvalue weighted by atomic mass is 10.0. The Balaban J connectivity index is 0.000000246. The first kappa shape index (κ1) is 34.8. The van der Waals surface area contributed by atoms with E-state index >= 15 is 0 Å². The van der Waals surface area contributed by atoms with Crippen LogP contribution in [0.2, 0.25) is 0 Å². The number of benzene rings is 4. The number of aryl methyl sites for hydroxylation is 8. The molecule has 0 saturated heterocycles. The van der Waals surface area contributed by atoms with Gasteiger partial charge in [-0.2, -0.15) is 0 Å². The van der Waals surface area contributed by atoms with Crippen LogP contribution in [0.25, 0.3) is 0 Å². The Morgan fingerprint density at radius 3 is 1.22 bits per heavy atom. The van der Waals surface area contributed by atoms with Crippen LogP contribution in [-0.2, 0) is 0 Å². The SMILES string of the molecule is Cc1ccc(/N=C/N(C)/C=N/c2ccc(C)cc2C)c(C)c1.Cc1ccc(C(=N)CNCC(=N)c2ccc(C)cc2C)c(C)c1. The largest absolute Gasteiger partial charge is 0.326 e. The van der Waals surface area contributed by atoms with E-state index in [1.54, 1.807) is 12.7 Å². The second kappa shape index (κ2) is 16.4. The molecular weight excluding hydrogens is 552 g/mol. The van der Waals surface area contributed by atoms with Gasteiger partial charge in [-0.3, -0.25) is 0 Å². The summed E-state index contributed by atoms with van der Waals surface area (Å²) < 4.78 is 0. The number of hydrogen-bond acceptors (Lipinski definition) is 5. The average molecular weight is 601 g/mol. The fraction of sp³-hybridized carbons (Fsp3) is 0.282. The molecule has 0 unspecified atom stereocenters. The van der Waals surface area contributed by atoms with E-state index in [1.165, 1.54) is 33.4 Å². The summed E-state index contributed by atoms with van der Waals surface area (Å²) in [7, 11) is 1.93. The molecule has 0 aromatic heterocycles. The van der Waals surface area contributed by atoms with Crippen molar-refractivity contribution < 1.29 is 0 Å². The molecule has 0 aliphatic carbocycles. The van der Waals surface area contributed by atoms with Gasteiger partial charge < -0.3 is 21.0 Å². The summed E-state index contributed by atoms with van der Waals surface area (Å²) in [5, 5.41) is 19.7. The molecule has 0 saturated carbocycles. The third-order valence-corrected chi connectivity index (χ3v) is 7.48. The smallest absolute Gasteiger partial charge is 0.0961 e. The standard InChI is InChI=1S/C20H25N3.C19H23N3/c1-13-5-7-17(15(3)9-13)19(21)11-23-12-20(22)18-8-6-14(2)10-16(18)4;1-14-6-8-18(16(3)10-14)20-12-22(5)13-21-19-9-7-15(2)11-17(19)4/h5-10,21-23H,11-12H2,1-4H3;6-13H,1-5H3/b;20-12+,21-13+. The molecule has 3 N–H and O–H groups in total. The summed E-state index contributed by atoms with van der Waals surface area (Å²) in [6.45, 7) is 17.4. The lowest BCUT2D eigenvalue weighted by Gasteiger charge is -2.12. The van der Waals surface area contributed by atoms with E-state index in [-0.39, 0.29) is 0 Å². The fourth-order valence-electron chi connectivity index (χ4n) is 5.04. The third-order valence-electron chi connectivity index (χ3n) is 7.48. The molecule has 234 valence electrons. The van der Waals surface area contributed by atoms with Crippen molar-refractivity contribution in [1.82, 2.24) is 10.2 Å². The first-order chi connectivity index (χ1) is 21.3. The summed E-state index contributed by atoms with van der Waals surface area (Å²) in [5.74, 6) is 0. The van der Waals surface area contributed by atoms with Gasteiger partial charge in [-0.05, 0) is 101 Å². The molecule has 0 heterocycles. The van der Waals surface area contributed by atoms with E-state index in [2.05, 4.69) is 93.2 Å². The van der Waals surface area contributed by atoms with Crippen LogP contribution >= 0.6 is 0 Å². The number of aliphatic imine (C=N–C) groups is 2. The first-order valence-electron chi connectivity index (χ1n) is 15.3. The van der Waals surface area contributed by atoms with Crippen LogP contribution in [0.3, 0.4) is 0 Å². The van der Waals surface area contributed by atoms with Crippen LogP contribution in [0.15, 0.2) is 82.8 Å².